The molecule has 200 valence electrons. The zero-order chi connectivity index (χ0) is 26.5. The maximum Gasteiger partial charge on any atom is 0.338 e. The maximum atomic E-state index is 14.3. The summed E-state index contributed by atoms with van der Waals surface area (Å²) in [5, 5.41) is 12.1. The van der Waals surface area contributed by atoms with Crippen molar-refractivity contribution in [2.24, 2.45) is 44.8 Å². The minimum absolute atomic E-state index is 0.0671. The van der Waals surface area contributed by atoms with Gasteiger partial charge in [0.1, 0.15) is 5.78 Å². The van der Waals surface area contributed by atoms with E-state index in [1.54, 1.807) is 5.48 Å². The van der Waals surface area contributed by atoms with Crippen molar-refractivity contribution in [1.29, 1.82) is 0 Å². The maximum absolute atomic E-state index is 14.3. The first-order valence-corrected chi connectivity index (χ1v) is 14.1. The average Bonchev–Trinajstić information content (AvgIpc) is 2.79. The van der Waals surface area contributed by atoms with Crippen molar-refractivity contribution in [1.82, 2.24) is 10.8 Å². The Morgan fingerprint density at radius 3 is 2.28 bits per heavy atom. The molecule has 4 fully saturated rings. The second-order valence-electron chi connectivity index (χ2n) is 15.0. The Balaban J connectivity index is 1.58. The second kappa shape index (κ2) is 7.68. The predicted octanol–water partition coefficient (Wildman–Crippen LogP) is 5.98. The summed E-state index contributed by atoms with van der Waals surface area (Å²) in [5.41, 5.74) is 1.90. The smallest absolute Gasteiger partial charge is 0.331 e. The lowest BCUT2D eigenvalue weighted by molar-refractivity contribution is -0.187. The Bertz CT molecular complexity index is 1050. The van der Waals surface area contributed by atoms with E-state index in [0.29, 0.717) is 12.2 Å². The molecule has 5 aliphatic rings. The lowest BCUT2D eigenvalue weighted by atomic mass is 9.33. The van der Waals surface area contributed by atoms with Gasteiger partial charge in [-0.1, -0.05) is 47.1 Å². The van der Waals surface area contributed by atoms with Gasteiger partial charge in [-0.2, -0.15) is 0 Å². The molecule has 6 nitrogen and oxygen atoms in total. The van der Waals surface area contributed by atoms with E-state index in [-0.39, 0.29) is 50.6 Å². The standard InChI is InChI=1S/C30H46N2O4/c1-25(2)21-8-11-30(7)23(28(21,5)10-9-22(25)34)20(33)16-18-19-17-27(4,31-24(35)32-36)14-12-26(19,3)13-15-29(18,30)6/h16,19,21,23,36H,8-15,17H2,1-7H3,(H2,31,32,35)/t19-,21-,23+,26+,27-,28-,29+,30+/m0/s1. The van der Waals surface area contributed by atoms with Crippen LogP contribution in [0.5, 0.6) is 0 Å². The summed E-state index contributed by atoms with van der Waals surface area (Å²) in [6, 6.07) is -0.568. The number of amides is 2. The van der Waals surface area contributed by atoms with Crippen molar-refractivity contribution in [3.63, 3.8) is 0 Å². The van der Waals surface area contributed by atoms with Crippen molar-refractivity contribution in [3.05, 3.63) is 11.6 Å². The highest BCUT2D eigenvalue weighted by Gasteiger charge is 2.70. The number of fused-ring (bicyclic) bond motifs is 7. The quantitative estimate of drug-likeness (QED) is 0.306. The number of hydrogen-bond donors (Lipinski definition) is 3. The van der Waals surface area contributed by atoms with E-state index in [1.807, 2.05) is 6.08 Å². The number of rotatable bonds is 1. The largest absolute Gasteiger partial charge is 0.338 e. The summed E-state index contributed by atoms with van der Waals surface area (Å²) in [4.78, 5) is 39.2. The molecule has 0 spiro atoms. The minimum Gasteiger partial charge on any atom is -0.331 e. The van der Waals surface area contributed by atoms with E-state index >= 15 is 0 Å². The third-order valence-electron chi connectivity index (χ3n) is 12.8. The monoisotopic (exact) mass is 498 g/mol. The van der Waals surface area contributed by atoms with Crippen molar-refractivity contribution in [3.8, 4) is 0 Å². The molecule has 3 N–H and O–H groups in total. The van der Waals surface area contributed by atoms with Crippen LogP contribution in [0.3, 0.4) is 0 Å². The molecule has 6 heteroatoms. The third kappa shape index (κ3) is 3.21. The van der Waals surface area contributed by atoms with Gasteiger partial charge in [-0.25, -0.2) is 10.3 Å². The number of allylic oxidation sites excluding steroid dienone is 2. The highest BCUT2D eigenvalue weighted by atomic mass is 16.5. The molecule has 0 bridgehead atoms. The molecule has 5 rings (SSSR count). The van der Waals surface area contributed by atoms with Crippen LogP contribution in [0.15, 0.2) is 11.6 Å². The molecule has 0 aromatic carbocycles. The average molecular weight is 499 g/mol. The van der Waals surface area contributed by atoms with E-state index in [9.17, 15) is 14.4 Å². The Morgan fingerprint density at radius 2 is 1.61 bits per heavy atom. The first-order chi connectivity index (χ1) is 16.6. The SMILES string of the molecule is CC1(C)C(=O)CC[C@]2(C)[C@H]3C(=O)C=C4[C@@H]5C[C@@](C)(NC(=O)NO)CC[C@]5(C)CC[C@@]4(C)[C@]3(C)CC[C@@H]12. The fourth-order valence-corrected chi connectivity index (χ4v) is 10.4. The molecule has 2 amide bonds. The molecule has 0 saturated heterocycles. The van der Waals surface area contributed by atoms with Crippen LogP contribution in [0.1, 0.15) is 106 Å². The summed E-state index contributed by atoms with van der Waals surface area (Å²) in [6.07, 6.45) is 10.2. The number of hydroxylamine groups is 1. The number of ketones is 2. The van der Waals surface area contributed by atoms with Crippen molar-refractivity contribution >= 4 is 17.6 Å². The van der Waals surface area contributed by atoms with Crippen molar-refractivity contribution in [2.45, 2.75) is 112 Å². The number of hydrogen-bond acceptors (Lipinski definition) is 4. The second-order valence-corrected chi connectivity index (χ2v) is 15.0. The summed E-state index contributed by atoms with van der Waals surface area (Å²) in [7, 11) is 0. The molecule has 36 heavy (non-hydrogen) atoms. The van der Waals surface area contributed by atoms with Gasteiger partial charge in [0.25, 0.3) is 0 Å². The molecule has 0 unspecified atom stereocenters. The van der Waals surface area contributed by atoms with Gasteiger partial charge < -0.3 is 5.32 Å². The predicted molar refractivity (Wildman–Crippen MR) is 138 cm³/mol. The molecule has 4 saturated carbocycles. The van der Waals surface area contributed by atoms with Gasteiger partial charge in [-0.15, -0.1) is 0 Å². The number of carbonyl (C=O) groups is 3. The summed E-state index contributed by atoms with van der Waals surface area (Å²) in [6.45, 7) is 15.8. The highest BCUT2D eigenvalue weighted by molar-refractivity contribution is 5.96. The summed E-state index contributed by atoms with van der Waals surface area (Å²) < 4.78 is 0. The zero-order valence-electron chi connectivity index (χ0n) is 23.3. The fraction of sp³-hybridized carbons (Fsp3) is 0.833. The van der Waals surface area contributed by atoms with Gasteiger partial charge in [0, 0.05) is 23.3 Å². The molecule has 0 heterocycles. The highest BCUT2D eigenvalue weighted by Crippen LogP contribution is 2.74. The van der Waals surface area contributed by atoms with Crippen LogP contribution >= 0.6 is 0 Å². The van der Waals surface area contributed by atoms with Crippen LogP contribution in [0.4, 0.5) is 4.79 Å². The first kappa shape index (κ1) is 25.9. The van der Waals surface area contributed by atoms with E-state index in [0.717, 1.165) is 51.4 Å². The van der Waals surface area contributed by atoms with Crippen LogP contribution in [0.2, 0.25) is 0 Å². The Morgan fingerprint density at radius 1 is 0.944 bits per heavy atom. The minimum atomic E-state index is -0.568. The summed E-state index contributed by atoms with van der Waals surface area (Å²) >= 11 is 0. The molecule has 0 radical (unpaired) electrons. The van der Waals surface area contributed by atoms with Gasteiger partial charge in [0.15, 0.2) is 5.78 Å². The molecule has 8 atom stereocenters. The molecular weight excluding hydrogens is 452 g/mol. The number of nitrogens with one attached hydrogen (secondary N) is 2. The lowest BCUT2D eigenvalue weighted by Gasteiger charge is -2.70. The Labute approximate surface area is 216 Å². The fourth-order valence-electron chi connectivity index (χ4n) is 10.4. The zero-order valence-corrected chi connectivity index (χ0v) is 23.3. The lowest BCUT2D eigenvalue weighted by Crippen LogP contribution is -2.66. The van der Waals surface area contributed by atoms with Crippen LogP contribution in [-0.4, -0.2) is 28.3 Å². The van der Waals surface area contributed by atoms with E-state index in [1.165, 1.54) is 5.57 Å². The number of urea groups is 1. The molecule has 0 aromatic heterocycles. The normalized spacial score (nSPS) is 49.6. The number of carbonyl (C=O) groups excluding carboxylic acids is 3. The molecule has 5 aliphatic carbocycles. The van der Waals surface area contributed by atoms with Gasteiger partial charge >= 0.3 is 6.03 Å². The Hall–Kier alpha value is -1.69. The molecule has 0 aliphatic heterocycles. The summed E-state index contributed by atoms with van der Waals surface area (Å²) in [5.74, 6) is 1.00. The number of Topliss-reactive ketones (excluding diaryl/α,β-unsaturated/α-hetero) is 1. The van der Waals surface area contributed by atoms with Crippen molar-refractivity contribution in [2.75, 3.05) is 0 Å². The van der Waals surface area contributed by atoms with Crippen LogP contribution in [0, 0.1) is 44.8 Å². The molecule has 0 aromatic rings. The van der Waals surface area contributed by atoms with E-state index in [4.69, 9.17) is 5.21 Å². The topological polar surface area (TPSA) is 95.5 Å². The van der Waals surface area contributed by atoms with Crippen LogP contribution in [0.25, 0.3) is 0 Å². The van der Waals surface area contributed by atoms with E-state index in [2.05, 4.69) is 53.8 Å². The van der Waals surface area contributed by atoms with Gasteiger partial charge in [-0.3, -0.25) is 14.8 Å². The van der Waals surface area contributed by atoms with E-state index < -0.39 is 11.6 Å². The molecular formula is C30H46N2O4. The Kier molecular flexibility index (Phi) is 5.53. The third-order valence-corrected chi connectivity index (χ3v) is 12.8. The van der Waals surface area contributed by atoms with Gasteiger partial charge in [0.05, 0.1) is 0 Å². The first-order valence-electron chi connectivity index (χ1n) is 14.1. The van der Waals surface area contributed by atoms with Crippen LogP contribution < -0.4 is 10.8 Å². The van der Waals surface area contributed by atoms with Gasteiger partial charge in [0.2, 0.25) is 0 Å². The van der Waals surface area contributed by atoms with Crippen LogP contribution in [-0.2, 0) is 9.59 Å². The van der Waals surface area contributed by atoms with Gasteiger partial charge in [-0.05, 0) is 97.9 Å². The van der Waals surface area contributed by atoms with Crippen molar-refractivity contribution < 1.29 is 19.6 Å².